The Bertz CT molecular complexity index is 1060. The zero-order chi connectivity index (χ0) is 20.8. The summed E-state index contributed by atoms with van der Waals surface area (Å²) >= 11 is 11.8. The molecule has 0 fully saturated rings. The van der Waals surface area contributed by atoms with Crippen LogP contribution in [0.5, 0.6) is 5.75 Å². The number of ether oxygens (including phenoxy) is 1. The van der Waals surface area contributed by atoms with E-state index in [9.17, 15) is 14.9 Å². The van der Waals surface area contributed by atoms with Gasteiger partial charge in [0.15, 0.2) is 6.61 Å². The van der Waals surface area contributed by atoms with Crippen LogP contribution in [0.15, 0.2) is 65.9 Å². The Labute approximate surface area is 175 Å². The first-order valence-electron chi connectivity index (χ1n) is 8.26. The number of non-ortho nitro benzene ring substituents is 1. The molecule has 1 heterocycles. The molecule has 0 bridgehead atoms. The molecule has 3 rings (SSSR count). The first-order valence-corrected chi connectivity index (χ1v) is 9.01. The molecule has 1 amide bonds. The molecule has 0 unspecified atom stereocenters. The van der Waals surface area contributed by atoms with Gasteiger partial charge in [-0.05, 0) is 42.5 Å². The number of nitrogens with one attached hydrogen (secondary N) is 1. The smallest absolute Gasteiger partial charge is 0.277 e. The second-order valence-electron chi connectivity index (χ2n) is 5.73. The van der Waals surface area contributed by atoms with Crippen molar-refractivity contribution in [2.24, 2.45) is 5.10 Å². The quantitative estimate of drug-likeness (QED) is 0.343. The van der Waals surface area contributed by atoms with E-state index >= 15 is 0 Å². The van der Waals surface area contributed by atoms with Gasteiger partial charge >= 0.3 is 0 Å². The topological polar surface area (TPSA) is 98.8 Å². The molecule has 0 saturated carbocycles. The van der Waals surface area contributed by atoms with Crippen molar-refractivity contribution in [3.05, 3.63) is 86.6 Å². The first kappa shape index (κ1) is 20.4. The molecule has 148 valence electrons. The minimum Gasteiger partial charge on any atom is -0.482 e. The molecule has 2 aromatic carbocycles. The van der Waals surface area contributed by atoms with Crippen molar-refractivity contribution in [2.75, 3.05) is 6.61 Å². The number of benzene rings is 2. The van der Waals surface area contributed by atoms with Gasteiger partial charge in [-0.15, -0.1) is 0 Å². The van der Waals surface area contributed by atoms with Crippen LogP contribution in [0.25, 0.3) is 5.69 Å². The Morgan fingerprint density at radius 1 is 1.21 bits per heavy atom. The van der Waals surface area contributed by atoms with Gasteiger partial charge in [0.05, 0.1) is 21.9 Å². The number of nitrogens with zero attached hydrogens (tertiary/aromatic N) is 3. The standard InChI is InChI=1S/C19H14Cl2N4O4/c20-13-3-8-18(17(21)10-13)29-12-19(26)23-22-11-16-2-1-9-24(16)14-4-6-15(7-5-14)25(27)28/h1-11H,12H2,(H,23,26)/b22-11-. The van der Waals surface area contributed by atoms with Crippen LogP contribution >= 0.6 is 23.2 Å². The molecule has 8 nitrogen and oxygen atoms in total. The Morgan fingerprint density at radius 3 is 2.66 bits per heavy atom. The summed E-state index contributed by atoms with van der Waals surface area (Å²) in [5.41, 5.74) is 3.75. The van der Waals surface area contributed by atoms with E-state index in [1.807, 2.05) is 0 Å². The maximum Gasteiger partial charge on any atom is 0.277 e. The van der Waals surface area contributed by atoms with E-state index < -0.39 is 10.8 Å². The van der Waals surface area contributed by atoms with Crippen molar-refractivity contribution < 1.29 is 14.5 Å². The highest BCUT2D eigenvalue weighted by atomic mass is 35.5. The van der Waals surface area contributed by atoms with Gasteiger partial charge < -0.3 is 9.30 Å². The molecule has 3 aromatic rings. The number of hydrogen-bond acceptors (Lipinski definition) is 5. The van der Waals surface area contributed by atoms with E-state index in [1.54, 1.807) is 47.2 Å². The summed E-state index contributed by atoms with van der Waals surface area (Å²) in [7, 11) is 0. The summed E-state index contributed by atoms with van der Waals surface area (Å²) in [6.45, 7) is -0.276. The third kappa shape index (κ3) is 5.34. The number of carbonyl (C=O) groups excluding carboxylic acids is 1. The minimum atomic E-state index is -0.472. The molecule has 0 atom stereocenters. The van der Waals surface area contributed by atoms with Crippen molar-refractivity contribution in [2.45, 2.75) is 0 Å². The minimum absolute atomic E-state index is 0.00387. The molecule has 0 aliphatic carbocycles. The van der Waals surface area contributed by atoms with E-state index in [1.165, 1.54) is 24.4 Å². The highest BCUT2D eigenvalue weighted by molar-refractivity contribution is 6.35. The van der Waals surface area contributed by atoms with E-state index in [0.717, 1.165) is 0 Å². The molecule has 1 aromatic heterocycles. The number of nitro benzene ring substituents is 1. The van der Waals surface area contributed by atoms with Gasteiger partial charge in [-0.3, -0.25) is 14.9 Å². The van der Waals surface area contributed by atoms with Crippen LogP contribution in [0.2, 0.25) is 10.0 Å². The van der Waals surface area contributed by atoms with Crippen LogP contribution < -0.4 is 10.2 Å². The number of carbonyl (C=O) groups is 1. The maximum atomic E-state index is 11.9. The third-order valence-corrected chi connectivity index (χ3v) is 4.29. The van der Waals surface area contributed by atoms with E-state index in [-0.39, 0.29) is 12.3 Å². The van der Waals surface area contributed by atoms with Crippen molar-refractivity contribution in [3.8, 4) is 11.4 Å². The average Bonchev–Trinajstić information content (AvgIpc) is 3.16. The second-order valence-corrected chi connectivity index (χ2v) is 6.58. The van der Waals surface area contributed by atoms with Gasteiger partial charge in [-0.2, -0.15) is 5.10 Å². The van der Waals surface area contributed by atoms with Crippen molar-refractivity contribution in [1.29, 1.82) is 0 Å². The first-order chi connectivity index (χ1) is 13.9. The monoisotopic (exact) mass is 432 g/mol. The summed E-state index contributed by atoms with van der Waals surface area (Å²) in [5, 5.41) is 15.4. The lowest BCUT2D eigenvalue weighted by Crippen LogP contribution is -2.24. The molecule has 0 spiro atoms. The lowest BCUT2D eigenvalue weighted by atomic mass is 10.3. The van der Waals surface area contributed by atoms with Crippen LogP contribution in [0, 0.1) is 10.1 Å². The number of rotatable bonds is 7. The predicted molar refractivity (Wildman–Crippen MR) is 110 cm³/mol. The molecule has 1 N–H and O–H groups in total. The van der Waals surface area contributed by atoms with Gasteiger partial charge in [-0.1, -0.05) is 23.2 Å². The van der Waals surface area contributed by atoms with Crippen molar-refractivity contribution in [3.63, 3.8) is 0 Å². The summed E-state index contributed by atoms with van der Waals surface area (Å²) in [6.07, 6.45) is 3.23. The Morgan fingerprint density at radius 2 is 1.97 bits per heavy atom. The third-order valence-electron chi connectivity index (χ3n) is 3.76. The second kappa shape index (κ2) is 9.22. The maximum absolute atomic E-state index is 11.9. The number of hydrogen-bond donors (Lipinski definition) is 1. The lowest BCUT2D eigenvalue weighted by molar-refractivity contribution is -0.384. The number of hydrazone groups is 1. The fraction of sp³-hybridized carbons (Fsp3) is 0.0526. The number of aromatic nitrogens is 1. The van der Waals surface area contributed by atoms with Crippen LogP contribution in [-0.2, 0) is 4.79 Å². The van der Waals surface area contributed by atoms with E-state index in [0.29, 0.717) is 27.2 Å². The summed E-state index contributed by atoms with van der Waals surface area (Å²) in [5.74, 6) is -0.136. The van der Waals surface area contributed by atoms with Crippen LogP contribution in [0.3, 0.4) is 0 Å². The van der Waals surface area contributed by atoms with Crippen LogP contribution in [-0.4, -0.2) is 28.2 Å². The van der Waals surface area contributed by atoms with Crippen molar-refractivity contribution >= 4 is 41.0 Å². The van der Waals surface area contributed by atoms with Crippen LogP contribution in [0.4, 0.5) is 5.69 Å². The van der Waals surface area contributed by atoms with Crippen molar-refractivity contribution in [1.82, 2.24) is 9.99 Å². The van der Waals surface area contributed by atoms with E-state index in [4.69, 9.17) is 27.9 Å². The van der Waals surface area contributed by atoms with Gasteiger partial charge in [0.2, 0.25) is 0 Å². The molecule has 0 radical (unpaired) electrons. The van der Waals surface area contributed by atoms with Gasteiger partial charge in [0.1, 0.15) is 5.75 Å². The molecule has 0 aliphatic rings. The zero-order valence-electron chi connectivity index (χ0n) is 14.8. The number of halogens is 2. The number of amides is 1. The molecule has 0 aliphatic heterocycles. The number of nitro groups is 1. The largest absolute Gasteiger partial charge is 0.482 e. The van der Waals surface area contributed by atoms with Gasteiger partial charge in [-0.25, -0.2) is 5.43 Å². The highest BCUT2D eigenvalue weighted by Gasteiger charge is 2.08. The van der Waals surface area contributed by atoms with Gasteiger partial charge in [0, 0.05) is 29.0 Å². The molecular formula is C19H14Cl2N4O4. The highest BCUT2D eigenvalue weighted by Crippen LogP contribution is 2.27. The SMILES string of the molecule is O=C(COc1ccc(Cl)cc1Cl)N/N=C\c1cccn1-c1ccc([N+](=O)[O-])cc1. The lowest BCUT2D eigenvalue weighted by Gasteiger charge is -2.07. The summed E-state index contributed by atoms with van der Waals surface area (Å²) < 4.78 is 7.10. The van der Waals surface area contributed by atoms with E-state index in [2.05, 4.69) is 10.5 Å². The molecule has 0 saturated heterocycles. The Balaban J connectivity index is 1.59. The molecular weight excluding hydrogens is 419 g/mol. The molecule has 29 heavy (non-hydrogen) atoms. The van der Waals surface area contributed by atoms with Gasteiger partial charge in [0.25, 0.3) is 11.6 Å². The Hall–Kier alpha value is -3.36. The zero-order valence-corrected chi connectivity index (χ0v) is 16.3. The normalized spacial score (nSPS) is 10.8. The predicted octanol–water partition coefficient (Wildman–Crippen LogP) is 4.22. The fourth-order valence-electron chi connectivity index (χ4n) is 2.41. The molecule has 10 heteroatoms. The summed E-state index contributed by atoms with van der Waals surface area (Å²) in [6, 6.07) is 14.3. The summed E-state index contributed by atoms with van der Waals surface area (Å²) in [4.78, 5) is 22.2. The Kier molecular flexibility index (Phi) is 6.48. The average molecular weight is 433 g/mol. The van der Waals surface area contributed by atoms with Crippen LogP contribution in [0.1, 0.15) is 5.69 Å². The fourth-order valence-corrected chi connectivity index (χ4v) is 2.87.